The molecular formula is C22H18ClN5O2. The van der Waals surface area contributed by atoms with Crippen LogP contribution in [0.3, 0.4) is 0 Å². The summed E-state index contributed by atoms with van der Waals surface area (Å²) in [4.78, 5) is 17.3. The minimum atomic E-state index is -0.575. The lowest BCUT2D eigenvalue weighted by atomic mass is 10.1. The van der Waals surface area contributed by atoms with Crippen LogP contribution in [-0.2, 0) is 16.1 Å². The molecule has 0 spiro atoms. The molecule has 2 aromatic carbocycles. The van der Waals surface area contributed by atoms with Crippen LogP contribution in [-0.4, -0.2) is 31.2 Å². The van der Waals surface area contributed by atoms with Crippen molar-refractivity contribution in [2.24, 2.45) is 0 Å². The van der Waals surface area contributed by atoms with Crippen LogP contribution in [0.25, 0.3) is 22.7 Å². The Labute approximate surface area is 178 Å². The molecule has 0 unspecified atom stereocenters. The second-order valence-corrected chi connectivity index (χ2v) is 7.15. The molecule has 0 saturated carbocycles. The lowest BCUT2D eigenvalue weighted by Gasteiger charge is -2.11. The number of benzene rings is 2. The van der Waals surface area contributed by atoms with Gasteiger partial charge in [0.2, 0.25) is 0 Å². The third-order valence-electron chi connectivity index (χ3n) is 4.52. The van der Waals surface area contributed by atoms with Crippen LogP contribution >= 0.6 is 11.6 Å². The molecule has 0 aliphatic carbocycles. The number of carbonyl (C=O) groups is 1. The minimum Gasteiger partial charge on any atom is -0.456 e. The molecule has 4 rings (SSSR count). The first-order chi connectivity index (χ1) is 14.5. The molecule has 2 heterocycles. The lowest BCUT2D eigenvalue weighted by molar-refractivity contribution is -0.138. The third kappa shape index (κ3) is 4.21. The highest BCUT2D eigenvalue weighted by molar-refractivity contribution is 6.30. The average Bonchev–Trinajstić information content (AvgIpc) is 3.16. The van der Waals surface area contributed by atoms with Crippen LogP contribution < -0.4 is 0 Å². The van der Waals surface area contributed by atoms with Crippen LogP contribution in [0.15, 0.2) is 54.6 Å². The summed E-state index contributed by atoms with van der Waals surface area (Å²) in [6, 6.07) is 17.2. The molecule has 30 heavy (non-hydrogen) atoms. The van der Waals surface area contributed by atoms with Crippen molar-refractivity contribution in [3.05, 3.63) is 82.3 Å². The molecule has 150 valence electrons. The highest BCUT2D eigenvalue weighted by atomic mass is 35.5. The Morgan fingerprint density at radius 1 is 1.13 bits per heavy atom. The minimum absolute atomic E-state index is 0.0260. The summed E-state index contributed by atoms with van der Waals surface area (Å²) in [5.41, 5.74) is 3.53. The van der Waals surface area contributed by atoms with Crippen molar-refractivity contribution >= 4 is 40.2 Å². The third-order valence-corrected chi connectivity index (χ3v) is 4.85. The van der Waals surface area contributed by atoms with Crippen LogP contribution in [0.4, 0.5) is 0 Å². The average molecular weight is 420 g/mol. The summed E-state index contributed by atoms with van der Waals surface area (Å²) in [5.74, 6) is -0.107. The normalized spacial score (nSPS) is 11.6. The summed E-state index contributed by atoms with van der Waals surface area (Å²) in [5, 5.41) is 12.6. The van der Waals surface area contributed by atoms with Crippen LogP contribution in [0.5, 0.6) is 0 Å². The number of carbonyl (C=O) groups excluding carboxylic acids is 1. The van der Waals surface area contributed by atoms with E-state index in [-0.39, 0.29) is 12.3 Å². The molecular weight excluding hydrogens is 402 g/mol. The van der Waals surface area contributed by atoms with Gasteiger partial charge < -0.3 is 4.74 Å². The van der Waals surface area contributed by atoms with Gasteiger partial charge in [-0.15, -0.1) is 5.10 Å². The molecule has 0 amide bonds. The fourth-order valence-electron chi connectivity index (χ4n) is 2.98. The van der Waals surface area contributed by atoms with Gasteiger partial charge in [-0.3, -0.25) is 0 Å². The monoisotopic (exact) mass is 419 g/mol. The van der Waals surface area contributed by atoms with Crippen molar-refractivity contribution < 1.29 is 9.53 Å². The topological polar surface area (TPSA) is 82.8 Å². The predicted octanol–water partition coefficient (Wildman–Crippen LogP) is 4.23. The van der Waals surface area contributed by atoms with E-state index in [1.54, 1.807) is 13.0 Å². The number of fused-ring (bicyclic) bond motifs is 1. The first kappa shape index (κ1) is 19.7. The van der Waals surface area contributed by atoms with E-state index in [4.69, 9.17) is 16.3 Å². The number of halogens is 1. The number of hydrogen-bond donors (Lipinski definition) is 0. The zero-order chi connectivity index (χ0) is 21.1. The first-order valence-electron chi connectivity index (χ1n) is 9.26. The summed E-state index contributed by atoms with van der Waals surface area (Å²) < 4.78 is 6.89. The molecule has 0 radical (unpaired) electrons. The fraction of sp³-hybridized carbons (Fsp3) is 0.136. The molecule has 7 nitrogen and oxygen atoms in total. The Kier molecular flexibility index (Phi) is 5.54. The van der Waals surface area contributed by atoms with E-state index in [9.17, 15) is 4.79 Å². The van der Waals surface area contributed by atoms with E-state index in [1.165, 1.54) is 4.68 Å². The van der Waals surface area contributed by atoms with Crippen LogP contribution in [0, 0.1) is 13.8 Å². The van der Waals surface area contributed by atoms with Gasteiger partial charge in [-0.2, -0.15) is 4.68 Å². The summed E-state index contributed by atoms with van der Waals surface area (Å²) in [6.07, 6.45) is 1.68. The highest BCUT2D eigenvalue weighted by Crippen LogP contribution is 2.23. The van der Waals surface area contributed by atoms with Gasteiger partial charge >= 0.3 is 5.97 Å². The van der Waals surface area contributed by atoms with Crippen molar-refractivity contribution in [2.45, 2.75) is 20.5 Å². The molecule has 0 atom stereocenters. The van der Waals surface area contributed by atoms with Gasteiger partial charge in [0.1, 0.15) is 11.8 Å². The van der Waals surface area contributed by atoms with E-state index in [0.717, 1.165) is 22.0 Å². The molecule has 4 aromatic rings. The predicted molar refractivity (Wildman–Crippen MR) is 114 cm³/mol. The first-order valence-corrected chi connectivity index (χ1v) is 9.64. The largest absolute Gasteiger partial charge is 0.456 e. The van der Waals surface area contributed by atoms with E-state index < -0.39 is 5.97 Å². The van der Waals surface area contributed by atoms with Gasteiger partial charge in [-0.05, 0) is 53.6 Å². The van der Waals surface area contributed by atoms with Crippen molar-refractivity contribution in [3.8, 4) is 0 Å². The maximum Gasteiger partial charge on any atom is 0.357 e. The Morgan fingerprint density at radius 2 is 1.93 bits per heavy atom. The number of pyridine rings is 1. The standard InChI is InChI=1S/C22H18ClN5O2/c1-14-8-9-17-12-18(21(23)24-19(17)10-14)13-30-22(29)20(28-15(2)25-26-27-28)11-16-6-4-3-5-7-16/h3-12H,13H2,1-2H3/b20-11+. The number of nitrogens with zero attached hydrogens (tertiary/aromatic N) is 5. The molecule has 8 heteroatoms. The Hall–Kier alpha value is -3.58. The van der Waals surface area contributed by atoms with E-state index in [1.807, 2.05) is 61.5 Å². The van der Waals surface area contributed by atoms with Gasteiger partial charge in [0.15, 0.2) is 11.5 Å². The number of aromatic nitrogens is 5. The van der Waals surface area contributed by atoms with Crippen molar-refractivity contribution in [1.82, 2.24) is 25.2 Å². The number of rotatable bonds is 5. The number of tetrazole rings is 1. The van der Waals surface area contributed by atoms with Gasteiger partial charge in [-0.25, -0.2) is 9.78 Å². The van der Waals surface area contributed by atoms with E-state index >= 15 is 0 Å². The van der Waals surface area contributed by atoms with Crippen LogP contribution in [0.1, 0.15) is 22.5 Å². The fourth-order valence-corrected chi connectivity index (χ4v) is 3.18. The van der Waals surface area contributed by atoms with Crippen molar-refractivity contribution in [1.29, 1.82) is 0 Å². The summed E-state index contributed by atoms with van der Waals surface area (Å²) in [7, 11) is 0. The zero-order valence-corrected chi connectivity index (χ0v) is 17.2. The highest BCUT2D eigenvalue weighted by Gasteiger charge is 2.19. The quantitative estimate of drug-likeness (QED) is 0.273. The molecule has 0 saturated heterocycles. The molecule has 0 aliphatic rings. The van der Waals surface area contributed by atoms with E-state index in [2.05, 4.69) is 20.5 Å². The number of esters is 1. The number of ether oxygens (including phenoxy) is 1. The summed E-state index contributed by atoms with van der Waals surface area (Å²) >= 11 is 6.32. The molecule has 0 fully saturated rings. The van der Waals surface area contributed by atoms with Gasteiger partial charge in [0.25, 0.3) is 0 Å². The SMILES string of the molecule is Cc1ccc2cc(COC(=O)/C(=C\c3ccccc3)n3nnnc3C)c(Cl)nc2c1. The van der Waals surface area contributed by atoms with Crippen LogP contribution in [0.2, 0.25) is 5.15 Å². The Balaban J connectivity index is 1.61. The molecule has 0 bridgehead atoms. The Bertz CT molecular complexity index is 1250. The molecule has 0 aliphatic heterocycles. The molecule has 2 aromatic heterocycles. The molecule has 0 N–H and O–H groups in total. The second kappa shape index (κ2) is 8.42. The maximum atomic E-state index is 12.9. The van der Waals surface area contributed by atoms with Gasteiger partial charge in [0, 0.05) is 10.9 Å². The lowest BCUT2D eigenvalue weighted by Crippen LogP contribution is -2.15. The van der Waals surface area contributed by atoms with Gasteiger partial charge in [0.05, 0.1) is 5.52 Å². The summed E-state index contributed by atoms with van der Waals surface area (Å²) in [6.45, 7) is 3.67. The van der Waals surface area contributed by atoms with Crippen molar-refractivity contribution in [3.63, 3.8) is 0 Å². The maximum absolute atomic E-state index is 12.9. The second-order valence-electron chi connectivity index (χ2n) is 6.79. The number of hydrogen-bond acceptors (Lipinski definition) is 6. The van der Waals surface area contributed by atoms with Crippen molar-refractivity contribution in [2.75, 3.05) is 0 Å². The van der Waals surface area contributed by atoms with E-state index in [0.29, 0.717) is 16.5 Å². The van der Waals surface area contributed by atoms with Gasteiger partial charge in [-0.1, -0.05) is 54.1 Å². The number of aryl methyl sites for hydroxylation is 2. The Morgan fingerprint density at radius 3 is 2.67 bits per heavy atom. The zero-order valence-electron chi connectivity index (χ0n) is 16.4. The smallest absolute Gasteiger partial charge is 0.357 e.